The fraction of sp³-hybridized carbons (Fsp3) is 0.643. The largest absolute Gasteiger partial charge is 0.355 e. The Morgan fingerprint density at radius 2 is 1.83 bits per heavy atom. The minimum atomic E-state index is 0.481. The van der Waals surface area contributed by atoms with Gasteiger partial charge in [0.25, 0.3) is 0 Å². The predicted molar refractivity (Wildman–Crippen MR) is 74.8 cm³/mol. The van der Waals surface area contributed by atoms with Crippen LogP contribution in [0.3, 0.4) is 0 Å². The van der Waals surface area contributed by atoms with Crippen LogP contribution in [0.15, 0.2) is 12.3 Å². The van der Waals surface area contributed by atoms with Gasteiger partial charge < -0.3 is 10.6 Å². The van der Waals surface area contributed by atoms with Crippen LogP contribution in [0.5, 0.6) is 0 Å². The Morgan fingerprint density at radius 1 is 1.22 bits per heavy atom. The highest BCUT2D eigenvalue weighted by Crippen LogP contribution is 2.37. The lowest BCUT2D eigenvalue weighted by molar-refractivity contribution is 0.671. The maximum absolute atomic E-state index is 6.43. The summed E-state index contributed by atoms with van der Waals surface area (Å²) in [6.45, 7) is 2.70. The highest BCUT2D eigenvalue weighted by Gasteiger charge is 2.30. The molecule has 0 aliphatic heterocycles. The summed E-state index contributed by atoms with van der Waals surface area (Å²) in [5.74, 6) is 2.64. The molecule has 18 heavy (non-hydrogen) atoms. The van der Waals surface area contributed by atoms with Crippen molar-refractivity contribution in [3.8, 4) is 0 Å². The minimum absolute atomic E-state index is 0.481. The molecule has 0 amide bonds. The summed E-state index contributed by atoms with van der Waals surface area (Å²) < 4.78 is 0. The summed E-state index contributed by atoms with van der Waals surface area (Å²) in [5.41, 5.74) is 6.71. The van der Waals surface area contributed by atoms with Crippen molar-refractivity contribution in [3.63, 3.8) is 0 Å². The fourth-order valence-corrected chi connectivity index (χ4v) is 2.63. The van der Waals surface area contributed by atoms with Gasteiger partial charge in [0, 0.05) is 25.8 Å². The zero-order chi connectivity index (χ0) is 12.5. The molecule has 2 saturated carbocycles. The molecule has 0 saturated heterocycles. The zero-order valence-corrected chi connectivity index (χ0v) is 11.4. The van der Waals surface area contributed by atoms with Gasteiger partial charge in [0.05, 0.1) is 5.02 Å². The Labute approximate surface area is 113 Å². The molecule has 0 atom stereocenters. The number of anilines is 1. The maximum atomic E-state index is 6.43. The first kappa shape index (κ1) is 12.2. The predicted octanol–water partition coefficient (Wildman–Crippen LogP) is 2.82. The van der Waals surface area contributed by atoms with Gasteiger partial charge in [0.15, 0.2) is 0 Å². The van der Waals surface area contributed by atoms with Crippen LogP contribution < -0.4 is 10.6 Å². The first-order chi connectivity index (χ1) is 8.78. The summed E-state index contributed by atoms with van der Waals surface area (Å²) >= 11 is 6.43. The molecule has 0 radical (unpaired) electrons. The third-order valence-corrected chi connectivity index (χ3v) is 4.23. The number of nitrogens with two attached hydrogens (primary N) is 1. The van der Waals surface area contributed by atoms with E-state index in [1.807, 2.05) is 12.3 Å². The van der Waals surface area contributed by atoms with Gasteiger partial charge in [-0.1, -0.05) is 11.6 Å². The first-order valence-electron chi connectivity index (χ1n) is 6.86. The van der Waals surface area contributed by atoms with E-state index in [2.05, 4.69) is 9.88 Å². The molecular weight excluding hydrogens is 246 g/mol. The van der Waals surface area contributed by atoms with E-state index < -0.39 is 0 Å². The molecule has 0 spiro atoms. The Kier molecular flexibility index (Phi) is 3.44. The lowest BCUT2D eigenvalue weighted by atomic mass is 10.2. The summed E-state index contributed by atoms with van der Waals surface area (Å²) in [5, 5.41) is 0.751. The van der Waals surface area contributed by atoms with Crippen molar-refractivity contribution in [2.45, 2.75) is 32.2 Å². The molecule has 1 heterocycles. The molecule has 2 aliphatic rings. The Bertz CT molecular complexity index is 413. The van der Waals surface area contributed by atoms with Crippen molar-refractivity contribution < 1.29 is 0 Å². The zero-order valence-electron chi connectivity index (χ0n) is 10.6. The van der Waals surface area contributed by atoms with Crippen LogP contribution in [0.25, 0.3) is 0 Å². The molecule has 2 N–H and O–H groups in total. The molecule has 1 aromatic rings. The standard InChI is InChI=1S/C14H20ClN3/c15-13-12(7-16)5-6-17-14(13)18(8-10-1-2-10)9-11-3-4-11/h5-6,10-11H,1-4,7-9,16H2. The second-order valence-corrected chi connectivity index (χ2v) is 5.98. The summed E-state index contributed by atoms with van der Waals surface area (Å²) in [6, 6.07) is 1.91. The topological polar surface area (TPSA) is 42.1 Å². The fourth-order valence-electron chi connectivity index (χ4n) is 2.32. The third kappa shape index (κ3) is 2.78. The van der Waals surface area contributed by atoms with Crippen LogP contribution >= 0.6 is 11.6 Å². The molecular formula is C14H20ClN3. The Balaban J connectivity index is 1.82. The number of nitrogens with zero attached hydrogens (tertiary/aromatic N) is 2. The van der Waals surface area contributed by atoms with Crippen molar-refractivity contribution >= 4 is 17.4 Å². The van der Waals surface area contributed by atoms with Crippen molar-refractivity contribution in [1.29, 1.82) is 0 Å². The lowest BCUT2D eigenvalue weighted by Crippen LogP contribution is -2.29. The maximum Gasteiger partial charge on any atom is 0.147 e. The number of hydrogen-bond donors (Lipinski definition) is 1. The van der Waals surface area contributed by atoms with Gasteiger partial charge in [-0.15, -0.1) is 0 Å². The molecule has 0 unspecified atom stereocenters. The number of halogens is 1. The van der Waals surface area contributed by atoms with E-state index in [1.165, 1.54) is 25.7 Å². The van der Waals surface area contributed by atoms with Crippen molar-refractivity contribution in [2.75, 3.05) is 18.0 Å². The Morgan fingerprint density at radius 3 is 2.33 bits per heavy atom. The molecule has 3 nitrogen and oxygen atoms in total. The molecule has 0 aromatic carbocycles. The van der Waals surface area contributed by atoms with Gasteiger partial charge in [-0.05, 0) is 49.1 Å². The van der Waals surface area contributed by atoms with E-state index in [0.29, 0.717) is 6.54 Å². The van der Waals surface area contributed by atoms with Crippen LogP contribution in [0.1, 0.15) is 31.2 Å². The van der Waals surface area contributed by atoms with Gasteiger partial charge in [-0.25, -0.2) is 4.98 Å². The van der Waals surface area contributed by atoms with Gasteiger partial charge in [-0.2, -0.15) is 0 Å². The smallest absolute Gasteiger partial charge is 0.147 e. The molecule has 1 aromatic heterocycles. The Hall–Kier alpha value is -0.800. The van der Waals surface area contributed by atoms with E-state index in [9.17, 15) is 0 Å². The van der Waals surface area contributed by atoms with Crippen LogP contribution in [-0.2, 0) is 6.54 Å². The summed E-state index contributed by atoms with van der Waals surface area (Å²) in [4.78, 5) is 6.87. The monoisotopic (exact) mass is 265 g/mol. The SMILES string of the molecule is NCc1ccnc(N(CC2CC2)CC2CC2)c1Cl. The molecule has 3 rings (SSSR count). The average Bonchev–Trinajstić information content (AvgIpc) is 3.24. The second-order valence-electron chi connectivity index (χ2n) is 5.60. The van der Waals surface area contributed by atoms with Crippen LogP contribution in [0.2, 0.25) is 5.02 Å². The van der Waals surface area contributed by atoms with Gasteiger partial charge >= 0.3 is 0 Å². The third-order valence-electron chi connectivity index (χ3n) is 3.82. The lowest BCUT2D eigenvalue weighted by Gasteiger charge is -2.25. The molecule has 2 fully saturated rings. The minimum Gasteiger partial charge on any atom is -0.355 e. The average molecular weight is 266 g/mol. The second kappa shape index (κ2) is 5.06. The van der Waals surface area contributed by atoms with Crippen LogP contribution in [0, 0.1) is 11.8 Å². The van der Waals surface area contributed by atoms with E-state index in [4.69, 9.17) is 17.3 Å². The van der Waals surface area contributed by atoms with Crippen molar-refractivity contribution in [3.05, 3.63) is 22.8 Å². The normalized spacial score (nSPS) is 19.0. The van der Waals surface area contributed by atoms with Crippen LogP contribution in [-0.4, -0.2) is 18.1 Å². The van der Waals surface area contributed by atoms with E-state index in [-0.39, 0.29) is 0 Å². The van der Waals surface area contributed by atoms with Gasteiger partial charge in [-0.3, -0.25) is 0 Å². The van der Waals surface area contributed by atoms with Crippen molar-refractivity contribution in [1.82, 2.24) is 4.98 Å². The quantitative estimate of drug-likeness (QED) is 0.860. The van der Waals surface area contributed by atoms with E-state index in [0.717, 1.165) is 41.3 Å². The highest BCUT2D eigenvalue weighted by molar-refractivity contribution is 6.33. The highest BCUT2D eigenvalue weighted by atomic mass is 35.5. The van der Waals surface area contributed by atoms with Crippen molar-refractivity contribution in [2.24, 2.45) is 17.6 Å². The van der Waals surface area contributed by atoms with E-state index in [1.54, 1.807) is 0 Å². The first-order valence-corrected chi connectivity index (χ1v) is 7.24. The number of hydrogen-bond acceptors (Lipinski definition) is 3. The molecule has 2 aliphatic carbocycles. The van der Waals surface area contributed by atoms with Gasteiger partial charge in [0.2, 0.25) is 0 Å². The van der Waals surface area contributed by atoms with E-state index >= 15 is 0 Å². The molecule has 98 valence electrons. The van der Waals surface area contributed by atoms with Crippen LogP contribution in [0.4, 0.5) is 5.82 Å². The molecule has 0 bridgehead atoms. The summed E-state index contributed by atoms with van der Waals surface area (Å²) in [6.07, 6.45) is 7.26. The number of aromatic nitrogens is 1. The summed E-state index contributed by atoms with van der Waals surface area (Å²) in [7, 11) is 0. The number of rotatable bonds is 6. The van der Waals surface area contributed by atoms with Gasteiger partial charge in [0.1, 0.15) is 5.82 Å². The number of pyridine rings is 1. The molecule has 4 heteroatoms.